The highest BCUT2D eigenvalue weighted by atomic mass is 32.1. The Morgan fingerprint density at radius 2 is 2.20 bits per heavy atom. The van der Waals surface area contributed by atoms with Crippen LogP contribution in [-0.4, -0.2) is 15.7 Å². The van der Waals surface area contributed by atoms with Gasteiger partial charge in [-0.3, -0.25) is 9.48 Å². The molecular weight excluding hydrogens is 270 g/mol. The smallest absolute Gasteiger partial charge is 0.257 e. The Balaban J connectivity index is 2.19. The largest absolute Gasteiger partial charge is 0.307 e. The molecule has 1 N–H and O–H groups in total. The minimum Gasteiger partial charge on any atom is -0.307 e. The molecule has 0 aliphatic heterocycles. The van der Waals surface area contributed by atoms with Gasteiger partial charge in [-0.05, 0) is 25.3 Å². The first kappa shape index (κ1) is 14.8. The molecule has 4 nitrogen and oxygen atoms in total. The summed E-state index contributed by atoms with van der Waals surface area (Å²) in [5.74, 6) is 0.710. The summed E-state index contributed by atoms with van der Waals surface area (Å²) in [6, 6.07) is 1.95. The van der Waals surface area contributed by atoms with Crippen molar-refractivity contribution in [3.63, 3.8) is 0 Å². The summed E-state index contributed by atoms with van der Waals surface area (Å²) in [6.07, 6.45) is 2.86. The average molecular weight is 291 g/mol. The number of carbonyl (C=O) groups is 1. The first-order valence-electron chi connectivity index (χ1n) is 6.98. The Morgan fingerprint density at radius 3 is 2.85 bits per heavy atom. The van der Waals surface area contributed by atoms with Crippen LogP contribution in [0.15, 0.2) is 11.4 Å². The summed E-state index contributed by atoms with van der Waals surface area (Å²) in [6.45, 7) is 6.26. The fraction of sp³-hybridized carbons (Fsp3) is 0.467. The van der Waals surface area contributed by atoms with Crippen LogP contribution >= 0.6 is 11.3 Å². The Labute approximate surface area is 123 Å². The molecule has 0 aliphatic carbocycles. The summed E-state index contributed by atoms with van der Waals surface area (Å²) in [7, 11) is 1.86. The van der Waals surface area contributed by atoms with Crippen LogP contribution in [0.2, 0.25) is 0 Å². The standard InChI is InChI=1S/C15H21N3OS/c1-5-7-11-8-14(18(4)17-11)16-15(19)13-9-20-10(3)12(13)6-2/h8-9H,5-7H2,1-4H3,(H,16,19). The highest BCUT2D eigenvalue weighted by Crippen LogP contribution is 2.23. The molecule has 5 heteroatoms. The average Bonchev–Trinajstić information content (AvgIpc) is 2.93. The van der Waals surface area contributed by atoms with Gasteiger partial charge in [-0.25, -0.2) is 0 Å². The van der Waals surface area contributed by atoms with Crippen molar-refractivity contribution in [1.82, 2.24) is 9.78 Å². The molecule has 0 bridgehead atoms. The number of hydrogen-bond acceptors (Lipinski definition) is 3. The van der Waals surface area contributed by atoms with Crippen LogP contribution in [0.5, 0.6) is 0 Å². The van der Waals surface area contributed by atoms with Gasteiger partial charge in [0.2, 0.25) is 0 Å². The molecule has 0 aromatic carbocycles. The van der Waals surface area contributed by atoms with Crippen molar-refractivity contribution in [1.29, 1.82) is 0 Å². The number of amides is 1. The maximum absolute atomic E-state index is 12.4. The number of rotatable bonds is 5. The topological polar surface area (TPSA) is 46.9 Å². The summed E-state index contributed by atoms with van der Waals surface area (Å²) in [5, 5.41) is 9.30. The van der Waals surface area contributed by atoms with Crippen molar-refractivity contribution in [2.24, 2.45) is 7.05 Å². The summed E-state index contributed by atoms with van der Waals surface area (Å²) >= 11 is 1.63. The van der Waals surface area contributed by atoms with Crippen molar-refractivity contribution in [3.05, 3.63) is 33.1 Å². The first-order valence-corrected chi connectivity index (χ1v) is 7.86. The van der Waals surface area contributed by atoms with Gasteiger partial charge in [0.15, 0.2) is 0 Å². The van der Waals surface area contributed by atoms with E-state index in [-0.39, 0.29) is 5.91 Å². The minimum atomic E-state index is -0.0442. The lowest BCUT2D eigenvalue weighted by Gasteiger charge is -2.05. The van der Waals surface area contributed by atoms with E-state index in [0.29, 0.717) is 0 Å². The highest BCUT2D eigenvalue weighted by molar-refractivity contribution is 7.10. The molecule has 2 heterocycles. The molecule has 0 saturated carbocycles. The number of anilines is 1. The van der Waals surface area contributed by atoms with Crippen molar-refractivity contribution in [2.45, 2.75) is 40.0 Å². The number of hydrogen-bond donors (Lipinski definition) is 1. The van der Waals surface area contributed by atoms with E-state index >= 15 is 0 Å². The van der Waals surface area contributed by atoms with Crippen molar-refractivity contribution < 1.29 is 4.79 Å². The Hall–Kier alpha value is -1.62. The third kappa shape index (κ3) is 2.93. The van der Waals surface area contributed by atoms with Gasteiger partial charge >= 0.3 is 0 Å². The Bertz CT molecular complexity index is 613. The predicted molar refractivity (Wildman–Crippen MR) is 83.6 cm³/mol. The van der Waals surface area contributed by atoms with Crippen molar-refractivity contribution in [2.75, 3.05) is 5.32 Å². The Kier molecular flexibility index (Phi) is 4.60. The molecule has 0 unspecified atom stereocenters. The SMILES string of the molecule is CCCc1cc(NC(=O)c2csc(C)c2CC)n(C)n1. The lowest BCUT2D eigenvalue weighted by Crippen LogP contribution is -2.15. The molecular formula is C15H21N3OS. The quantitative estimate of drug-likeness (QED) is 0.915. The van der Waals surface area contributed by atoms with Gasteiger partial charge in [0.25, 0.3) is 5.91 Å². The minimum absolute atomic E-state index is 0.0442. The molecule has 0 atom stereocenters. The maximum Gasteiger partial charge on any atom is 0.257 e. The van der Waals surface area contributed by atoms with Gasteiger partial charge in [-0.15, -0.1) is 11.3 Å². The molecule has 2 rings (SSSR count). The molecule has 0 radical (unpaired) electrons. The number of aromatic nitrogens is 2. The van der Waals surface area contributed by atoms with Gasteiger partial charge in [-0.1, -0.05) is 20.3 Å². The fourth-order valence-corrected chi connectivity index (χ4v) is 3.26. The van der Waals surface area contributed by atoms with E-state index in [2.05, 4.69) is 31.2 Å². The van der Waals surface area contributed by atoms with Gasteiger partial charge in [0.05, 0.1) is 11.3 Å². The van der Waals surface area contributed by atoms with E-state index in [0.717, 1.165) is 41.9 Å². The van der Waals surface area contributed by atoms with Crippen molar-refractivity contribution >= 4 is 23.1 Å². The zero-order chi connectivity index (χ0) is 14.7. The number of thiophene rings is 1. The molecule has 2 aromatic rings. The van der Waals surface area contributed by atoms with Crippen LogP contribution in [0.3, 0.4) is 0 Å². The number of nitrogens with one attached hydrogen (secondary N) is 1. The first-order chi connectivity index (χ1) is 9.56. The summed E-state index contributed by atoms with van der Waals surface area (Å²) < 4.78 is 1.73. The van der Waals surface area contributed by atoms with Crippen LogP contribution in [-0.2, 0) is 19.9 Å². The summed E-state index contributed by atoms with van der Waals surface area (Å²) in [4.78, 5) is 13.6. The van der Waals surface area contributed by atoms with Crippen LogP contribution in [0.1, 0.15) is 46.8 Å². The molecule has 2 aromatic heterocycles. The molecule has 0 aliphatic rings. The van der Waals surface area contributed by atoms with Crippen LogP contribution in [0.4, 0.5) is 5.82 Å². The second kappa shape index (κ2) is 6.22. The number of aryl methyl sites for hydroxylation is 3. The van der Waals surface area contributed by atoms with Crippen LogP contribution in [0, 0.1) is 6.92 Å². The van der Waals surface area contributed by atoms with E-state index in [1.807, 2.05) is 18.5 Å². The molecule has 0 fully saturated rings. The fourth-order valence-electron chi connectivity index (χ4n) is 2.31. The summed E-state index contributed by atoms with van der Waals surface area (Å²) in [5.41, 5.74) is 2.94. The van der Waals surface area contributed by atoms with E-state index in [9.17, 15) is 4.79 Å². The van der Waals surface area contributed by atoms with E-state index in [4.69, 9.17) is 0 Å². The molecule has 108 valence electrons. The van der Waals surface area contributed by atoms with Crippen LogP contribution < -0.4 is 5.32 Å². The molecule has 1 amide bonds. The third-order valence-electron chi connectivity index (χ3n) is 3.38. The lowest BCUT2D eigenvalue weighted by molar-refractivity contribution is 0.102. The number of carbonyl (C=O) groups excluding carboxylic acids is 1. The van der Waals surface area contributed by atoms with Crippen molar-refractivity contribution in [3.8, 4) is 0 Å². The monoisotopic (exact) mass is 291 g/mol. The normalized spacial score (nSPS) is 10.8. The predicted octanol–water partition coefficient (Wildman–Crippen LogP) is 3.56. The second-order valence-electron chi connectivity index (χ2n) is 4.89. The second-order valence-corrected chi connectivity index (χ2v) is 5.97. The molecule has 20 heavy (non-hydrogen) atoms. The Morgan fingerprint density at radius 1 is 1.45 bits per heavy atom. The lowest BCUT2D eigenvalue weighted by atomic mass is 10.1. The highest BCUT2D eigenvalue weighted by Gasteiger charge is 2.16. The van der Waals surface area contributed by atoms with Gasteiger partial charge in [0, 0.05) is 23.4 Å². The zero-order valence-electron chi connectivity index (χ0n) is 12.5. The molecule has 0 saturated heterocycles. The van der Waals surface area contributed by atoms with E-state index in [1.54, 1.807) is 16.0 Å². The zero-order valence-corrected chi connectivity index (χ0v) is 13.3. The van der Waals surface area contributed by atoms with Gasteiger partial charge in [0.1, 0.15) is 5.82 Å². The van der Waals surface area contributed by atoms with Gasteiger partial charge < -0.3 is 5.32 Å². The molecule has 0 spiro atoms. The number of nitrogens with zero attached hydrogens (tertiary/aromatic N) is 2. The van der Waals surface area contributed by atoms with E-state index < -0.39 is 0 Å². The van der Waals surface area contributed by atoms with Gasteiger partial charge in [-0.2, -0.15) is 5.10 Å². The third-order valence-corrected chi connectivity index (χ3v) is 4.33. The van der Waals surface area contributed by atoms with E-state index in [1.165, 1.54) is 4.88 Å². The van der Waals surface area contributed by atoms with Crippen LogP contribution in [0.25, 0.3) is 0 Å². The maximum atomic E-state index is 12.4.